The first-order chi connectivity index (χ1) is 9.04. The first-order valence-corrected chi connectivity index (χ1v) is 5.66. The molecule has 2 aromatic rings. The number of carbonyl (C=O) groups excluding carboxylic acids is 1. The molecule has 0 saturated heterocycles. The fourth-order valence-corrected chi connectivity index (χ4v) is 1.82. The minimum absolute atomic E-state index is 0.0423. The van der Waals surface area contributed by atoms with Gasteiger partial charge in [0.25, 0.3) is 0 Å². The molecule has 19 heavy (non-hydrogen) atoms. The summed E-state index contributed by atoms with van der Waals surface area (Å²) in [5, 5.41) is 11.8. The largest absolute Gasteiger partial charge is 0.476 e. The number of pyridine rings is 1. The molecule has 0 aliphatic carbocycles. The molecular weight excluding hydrogens is 248 g/mol. The Kier molecular flexibility index (Phi) is 3.37. The lowest BCUT2D eigenvalue weighted by molar-refractivity contribution is -0.119. The number of amides is 1. The third kappa shape index (κ3) is 2.35. The molecule has 0 aromatic carbocycles. The highest BCUT2D eigenvalue weighted by Gasteiger charge is 2.22. The molecule has 0 aliphatic heterocycles. The molecule has 0 fully saturated rings. The normalized spacial score (nSPS) is 10.4. The van der Waals surface area contributed by atoms with Crippen molar-refractivity contribution in [2.75, 3.05) is 25.5 Å². The monoisotopic (exact) mass is 262 g/mol. The molecular formula is C12H14N4O3. The molecule has 0 bridgehead atoms. The molecule has 100 valence electrons. The van der Waals surface area contributed by atoms with Crippen LogP contribution in [0.15, 0.2) is 24.4 Å². The van der Waals surface area contributed by atoms with Crippen molar-refractivity contribution < 1.29 is 14.7 Å². The fraction of sp³-hybridized carbons (Fsp3) is 0.250. The average molecular weight is 262 g/mol. The molecule has 0 radical (unpaired) electrons. The van der Waals surface area contributed by atoms with E-state index in [0.29, 0.717) is 5.65 Å². The van der Waals surface area contributed by atoms with Crippen molar-refractivity contribution in [2.45, 2.75) is 0 Å². The highest BCUT2D eigenvalue weighted by atomic mass is 16.4. The first kappa shape index (κ1) is 12.9. The highest BCUT2D eigenvalue weighted by molar-refractivity contribution is 5.94. The lowest BCUT2D eigenvalue weighted by Crippen LogP contribution is -2.33. The van der Waals surface area contributed by atoms with Crippen molar-refractivity contribution >= 4 is 23.3 Å². The highest BCUT2D eigenvalue weighted by Crippen LogP contribution is 2.20. The van der Waals surface area contributed by atoms with E-state index in [1.54, 1.807) is 31.4 Å². The number of nitrogens with one attached hydrogen (secondary N) is 1. The van der Waals surface area contributed by atoms with Crippen LogP contribution in [0, 0.1) is 0 Å². The quantitative estimate of drug-likeness (QED) is 0.822. The summed E-state index contributed by atoms with van der Waals surface area (Å²) in [4.78, 5) is 28.5. The molecule has 7 nitrogen and oxygen atoms in total. The van der Waals surface area contributed by atoms with E-state index in [1.807, 2.05) is 0 Å². The molecule has 2 heterocycles. The topological polar surface area (TPSA) is 86.9 Å². The number of aromatic nitrogens is 2. The van der Waals surface area contributed by atoms with Crippen molar-refractivity contribution in [3.63, 3.8) is 0 Å². The SMILES string of the molecule is CNC(=O)CN(C)c1nc2ccccn2c1C(=O)O. The maximum Gasteiger partial charge on any atom is 0.356 e. The summed E-state index contributed by atoms with van der Waals surface area (Å²) < 4.78 is 1.48. The minimum Gasteiger partial charge on any atom is -0.476 e. The molecule has 0 saturated carbocycles. The molecule has 2 aromatic heterocycles. The molecule has 1 amide bonds. The van der Waals surface area contributed by atoms with Gasteiger partial charge in [0.15, 0.2) is 11.5 Å². The van der Waals surface area contributed by atoms with Gasteiger partial charge in [-0.1, -0.05) is 6.07 Å². The summed E-state index contributed by atoms with van der Waals surface area (Å²) in [6, 6.07) is 5.21. The number of aromatic carboxylic acids is 1. The molecule has 0 spiro atoms. The number of rotatable bonds is 4. The van der Waals surface area contributed by atoms with Crippen LogP contribution in [0.2, 0.25) is 0 Å². The van der Waals surface area contributed by atoms with Gasteiger partial charge in [0.05, 0.1) is 6.54 Å². The van der Waals surface area contributed by atoms with Gasteiger partial charge in [-0.05, 0) is 12.1 Å². The molecule has 0 aliphatic rings. The Morgan fingerprint density at radius 1 is 1.47 bits per heavy atom. The molecule has 7 heteroatoms. The average Bonchev–Trinajstić information content (AvgIpc) is 2.77. The van der Waals surface area contributed by atoms with Crippen molar-refractivity contribution in [3.8, 4) is 0 Å². The Morgan fingerprint density at radius 2 is 2.21 bits per heavy atom. The third-order valence-corrected chi connectivity index (χ3v) is 2.74. The summed E-state index contributed by atoms with van der Waals surface area (Å²) in [6.45, 7) is 0.0423. The summed E-state index contributed by atoms with van der Waals surface area (Å²) in [5.41, 5.74) is 0.570. The zero-order valence-corrected chi connectivity index (χ0v) is 10.6. The molecule has 2 N–H and O–H groups in total. The van der Waals surface area contributed by atoms with Gasteiger partial charge in [-0.15, -0.1) is 0 Å². The zero-order chi connectivity index (χ0) is 14.0. The Labute approximate surface area is 109 Å². The van der Waals surface area contributed by atoms with E-state index in [-0.39, 0.29) is 24.0 Å². The number of carboxylic acid groups (broad SMARTS) is 1. The summed E-state index contributed by atoms with van der Waals surface area (Å²) >= 11 is 0. The van der Waals surface area contributed by atoms with Crippen molar-refractivity contribution in [1.82, 2.24) is 14.7 Å². The van der Waals surface area contributed by atoms with Crippen LogP contribution in [0.1, 0.15) is 10.5 Å². The first-order valence-electron chi connectivity index (χ1n) is 5.66. The van der Waals surface area contributed by atoms with Gasteiger partial charge in [-0.3, -0.25) is 9.20 Å². The maximum atomic E-state index is 11.4. The number of fused-ring (bicyclic) bond motifs is 1. The zero-order valence-electron chi connectivity index (χ0n) is 10.6. The number of imidazole rings is 1. The van der Waals surface area contributed by atoms with Crippen molar-refractivity contribution in [1.29, 1.82) is 0 Å². The van der Waals surface area contributed by atoms with Gasteiger partial charge in [0, 0.05) is 20.3 Å². The van der Waals surface area contributed by atoms with Gasteiger partial charge in [0.1, 0.15) is 5.65 Å². The van der Waals surface area contributed by atoms with E-state index in [1.165, 1.54) is 16.3 Å². The Balaban J connectivity index is 2.50. The molecule has 2 rings (SSSR count). The minimum atomic E-state index is -1.09. The molecule has 0 atom stereocenters. The lowest BCUT2D eigenvalue weighted by Gasteiger charge is -2.15. The predicted octanol–water partition coefficient (Wildman–Crippen LogP) is 0.215. The second kappa shape index (κ2) is 4.97. The van der Waals surface area contributed by atoms with Crippen molar-refractivity contribution in [2.24, 2.45) is 0 Å². The van der Waals surface area contributed by atoms with Crippen LogP contribution in [0.4, 0.5) is 5.82 Å². The van der Waals surface area contributed by atoms with Gasteiger partial charge in [-0.2, -0.15) is 0 Å². The van der Waals surface area contributed by atoms with Crippen LogP contribution in [0.5, 0.6) is 0 Å². The number of likely N-dealkylation sites (N-methyl/N-ethyl adjacent to an activating group) is 2. The Hall–Kier alpha value is -2.57. The number of carbonyl (C=O) groups is 2. The lowest BCUT2D eigenvalue weighted by atomic mass is 10.4. The standard InChI is InChI=1S/C12H14N4O3/c1-13-9(17)7-15(2)11-10(12(18)19)16-6-4-3-5-8(16)14-11/h3-6H,7H2,1-2H3,(H,13,17)(H,18,19). The van der Waals surface area contributed by atoms with E-state index >= 15 is 0 Å². The van der Waals surface area contributed by atoms with Gasteiger partial charge >= 0.3 is 5.97 Å². The smallest absolute Gasteiger partial charge is 0.356 e. The van der Waals surface area contributed by atoms with Crippen LogP contribution < -0.4 is 10.2 Å². The van der Waals surface area contributed by atoms with Gasteiger partial charge in [0.2, 0.25) is 5.91 Å². The predicted molar refractivity (Wildman–Crippen MR) is 69.5 cm³/mol. The molecule has 0 unspecified atom stereocenters. The number of anilines is 1. The maximum absolute atomic E-state index is 11.4. The van der Waals surface area contributed by atoms with E-state index in [0.717, 1.165) is 0 Å². The van der Waals surface area contributed by atoms with Crippen LogP contribution >= 0.6 is 0 Å². The van der Waals surface area contributed by atoms with Gasteiger partial charge in [-0.25, -0.2) is 9.78 Å². The second-order valence-corrected chi connectivity index (χ2v) is 4.05. The number of carboxylic acids is 1. The number of hydrogen-bond donors (Lipinski definition) is 2. The summed E-state index contributed by atoms with van der Waals surface area (Å²) in [5.74, 6) is -1.03. The Bertz CT molecular complexity index is 635. The van der Waals surface area contributed by atoms with E-state index in [2.05, 4.69) is 10.3 Å². The third-order valence-electron chi connectivity index (χ3n) is 2.74. The van der Waals surface area contributed by atoms with Gasteiger partial charge < -0.3 is 15.3 Å². The van der Waals surface area contributed by atoms with Crippen LogP contribution in [0.3, 0.4) is 0 Å². The van der Waals surface area contributed by atoms with Crippen molar-refractivity contribution in [3.05, 3.63) is 30.1 Å². The second-order valence-electron chi connectivity index (χ2n) is 4.05. The van der Waals surface area contributed by atoms with Crippen LogP contribution in [0.25, 0.3) is 5.65 Å². The van der Waals surface area contributed by atoms with Crippen LogP contribution in [-0.4, -0.2) is 47.0 Å². The Morgan fingerprint density at radius 3 is 2.84 bits per heavy atom. The number of nitrogens with zero attached hydrogens (tertiary/aromatic N) is 3. The number of hydrogen-bond acceptors (Lipinski definition) is 4. The van der Waals surface area contributed by atoms with Crippen LogP contribution in [-0.2, 0) is 4.79 Å². The van der Waals surface area contributed by atoms with E-state index in [4.69, 9.17) is 0 Å². The van der Waals surface area contributed by atoms with E-state index in [9.17, 15) is 14.7 Å². The summed E-state index contributed by atoms with van der Waals surface area (Å²) in [7, 11) is 3.15. The van der Waals surface area contributed by atoms with E-state index < -0.39 is 5.97 Å². The summed E-state index contributed by atoms with van der Waals surface area (Å²) in [6.07, 6.45) is 1.63. The fourth-order valence-electron chi connectivity index (χ4n) is 1.82.